The highest BCUT2D eigenvalue weighted by atomic mass is 16.3. The van der Waals surface area contributed by atoms with E-state index in [2.05, 4.69) is 0 Å². The van der Waals surface area contributed by atoms with Gasteiger partial charge in [-0.15, -0.1) is 0 Å². The highest BCUT2D eigenvalue weighted by Gasteiger charge is 2.36. The minimum atomic E-state index is -0.604. The maximum Gasteiger partial charge on any atom is 0.232 e. The molecule has 1 rings (SSSR count). The van der Waals surface area contributed by atoms with E-state index >= 15 is 0 Å². The van der Waals surface area contributed by atoms with Gasteiger partial charge in [-0.3, -0.25) is 14.5 Å². The van der Waals surface area contributed by atoms with E-state index in [0.717, 1.165) is 6.42 Å². The molecule has 1 N–H and O–H groups in total. The summed E-state index contributed by atoms with van der Waals surface area (Å²) in [5.41, 5.74) is 0. The first-order valence-corrected chi connectivity index (χ1v) is 5.49. The van der Waals surface area contributed by atoms with Crippen molar-refractivity contribution in [2.24, 2.45) is 11.8 Å². The number of rotatable bonds is 4. The number of aliphatic hydroxyl groups is 1. The summed E-state index contributed by atoms with van der Waals surface area (Å²) in [6, 6.07) is 0. The smallest absolute Gasteiger partial charge is 0.232 e. The van der Waals surface area contributed by atoms with Crippen molar-refractivity contribution in [2.75, 3.05) is 6.54 Å². The van der Waals surface area contributed by atoms with Gasteiger partial charge in [0.15, 0.2) is 0 Å². The number of aliphatic hydroxyl groups excluding tert-OH is 1. The molecule has 0 aromatic carbocycles. The number of carbonyl (C=O) groups excluding carboxylic acids is 2. The number of β-amino-alcohol motifs (C(OH)–C–C–N with tert-alkyl or cyclic N) is 1. The van der Waals surface area contributed by atoms with Gasteiger partial charge in [-0.25, -0.2) is 0 Å². The monoisotopic (exact) mass is 213 g/mol. The summed E-state index contributed by atoms with van der Waals surface area (Å²) in [6.07, 6.45) is 0.520. The minimum absolute atomic E-state index is 0.113. The zero-order chi connectivity index (χ0) is 11.6. The van der Waals surface area contributed by atoms with E-state index in [9.17, 15) is 14.7 Å². The van der Waals surface area contributed by atoms with E-state index in [-0.39, 0.29) is 36.6 Å². The van der Waals surface area contributed by atoms with Gasteiger partial charge in [0.1, 0.15) is 0 Å². The number of carbonyl (C=O) groups is 2. The van der Waals surface area contributed by atoms with E-state index in [1.165, 1.54) is 4.90 Å². The van der Waals surface area contributed by atoms with Gasteiger partial charge in [0, 0.05) is 12.3 Å². The second-order valence-corrected chi connectivity index (χ2v) is 4.40. The van der Waals surface area contributed by atoms with Crippen molar-refractivity contribution in [3.8, 4) is 0 Å². The van der Waals surface area contributed by atoms with Gasteiger partial charge in [0.25, 0.3) is 0 Å². The zero-order valence-corrected chi connectivity index (χ0v) is 9.56. The number of nitrogens with zero attached hydrogens (tertiary/aromatic N) is 1. The first-order chi connectivity index (χ1) is 6.97. The summed E-state index contributed by atoms with van der Waals surface area (Å²) in [5, 5.41) is 9.75. The number of amides is 2. The fourth-order valence-corrected chi connectivity index (χ4v) is 1.68. The molecule has 1 aliphatic rings. The largest absolute Gasteiger partial charge is 0.391 e. The van der Waals surface area contributed by atoms with E-state index in [1.807, 2.05) is 13.8 Å². The van der Waals surface area contributed by atoms with Gasteiger partial charge in [-0.05, 0) is 5.92 Å². The van der Waals surface area contributed by atoms with Crippen molar-refractivity contribution >= 4 is 11.8 Å². The minimum Gasteiger partial charge on any atom is -0.391 e. The van der Waals surface area contributed by atoms with Gasteiger partial charge in [-0.2, -0.15) is 0 Å². The van der Waals surface area contributed by atoms with Crippen LogP contribution in [-0.2, 0) is 9.59 Å². The van der Waals surface area contributed by atoms with E-state index in [0.29, 0.717) is 0 Å². The molecule has 0 aromatic heterocycles. The first-order valence-electron chi connectivity index (χ1n) is 5.49. The second kappa shape index (κ2) is 4.75. The summed E-state index contributed by atoms with van der Waals surface area (Å²) in [6.45, 7) is 5.79. The van der Waals surface area contributed by atoms with Crippen LogP contribution in [0.3, 0.4) is 0 Å². The predicted octanol–water partition coefficient (Wildman–Crippen LogP) is 0.788. The van der Waals surface area contributed by atoms with Crippen LogP contribution < -0.4 is 0 Å². The maximum absolute atomic E-state index is 11.6. The third-order valence-corrected chi connectivity index (χ3v) is 3.14. The quantitative estimate of drug-likeness (QED) is 0.702. The molecule has 0 radical (unpaired) electrons. The number of likely N-dealkylation sites (tertiary alicyclic amines) is 1. The molecule has 4 nitrogen and oxygen atoms in total. The first kappa shape index (κ1) is 12.2. The van der Waals surface area contributed by atoms with Crippen molar-refractivity contribution < 1.29 is 14.7 Å². The Labute approximate surface area is 90.3 Å². The van der Waals surface area contributed by atoms with Crippen LogP contribution >= 0.6 is 0 Å². The summed E-state index contributed by atoms with van der Waals surface area (Å²) in [7, 11) is 0. The molecular weight excluding hydrogens is 194 g/mol. The van der Waals surface area contributed by atoms with Crippen LogP contribution in [0.25, 0.3) is 0 Å². The normalized spacial score (nSPS) is 25.9. The Morgan fingerprint density at radius 3 is 2.53 bits per heavy atom. The van der Waals surface area contributed by atoms with Gasteiger partial charge in [0.2, 0.25) is 11.8 Å². The molecule has 86 valence electrons. The zero-order valence-electron chi connectivity index (χ0n) is 9.56. The summed E-state index contributed by atoms with van der Waals surface area (Å²) in [4.78, 5) is 24.2. The van der Waals surface area contributed by atoms with Crippen molar-refractivity contribution in [3.05, 3.63) is 0 Å². The Morgan fingerprint density at radius 1 is 1.53 bits per heavy atom. The molecule has 0 aliphatic carbocycles. The average Bonchev–Trinajstić information content (AvgIpc) is 2.43. The maximum atomic E-state index is 11.6. The molecule has 0 saturated carbocycles. The highest BCUT2D eigenvalue weighted by Crippen LogP contribution is 2.20. The Morgan fingerprint density at radius 2 is 2.13 bits per heavy atom. The van der Waals surface area contributed by atoms with E-state index in [4.69, 9.17) is 0 Å². The van der Waals surface area contributed by atoms with Crippen molar-refractivity contribution in [2.45, 2.75) is 39.7 Å². The fraction of sp³-hybridized carbons (Fsp3) is 0.818. The molecule has 1 aliphatic heterocycles. The summed E-state index contributed by atoms with van der Waals surface area (Å²) in [5.74, 6) is -0.416. The third kappa shape index (κ3) is 2.56. The van der Waals surface area contributed by atoms with Crippen LogP contribution in [0.5, 0.6) is 0 Å². The molecule has 0 bridgehead atoms. The van der Waals surface area contributed by atoms with Gasteiger partial charge >= 0.3 is 0 Å². The Bertz CT molecular complexity index is 265. The van der Waals surface area contributed by atoms with Gasteiger partial charge < -0.3 is 5.11 Å². The molecule has 1 saturated heterocycles. The summed E-state index contributed by atoms with van der Waals surface area (Å²) < 4.78 is 0. The molecule has 3 unspecified atom stereocenters. The lowest BCUT2D eigenvalue weighted by atomic mass is 10.0. The standard InChI is InChI=1S/C11H19NO3/c1-4-7(2)9(13)6-12-10(14)5-8(3)11(12)15/h7-9,13H,4-6H2,1-3H3. The summed E-state index contributed by atoms with van der Waals surface area (Å²) >= 11 is 0. The molecular formula is C11H19NO3. The molecule has 2 amide bonds. The average molecular weight is 213 g/mol. The number of hydrogen-bond donors (Lipinski definition) is 1. The Balaban J connectivity index is 2.58. The molecule has 1 fully saturated rings. The Kier molecular flexibility index (Phi) is 3.85. The van der Waals surface area contributed by atoms with Crippen LogP contribution in [0.1, 0.15) is 33.6 Å². The molecule has 0 aromatic rings. The van der Waals surface area contributed by atoms with Gasteiger partial charge in [-0.1, -0.05) is 27.2 Å². The van der Waals surface area contributed by atoms with Crippen molar-refractivity contribution in [1.82, 2.24) is 4.90 Å². The van der Waals surface area contributed by atoms with Crippen molar-refractivity contribution in [1.29, 1.82) is 0 Å². The molecule has 4 heteroatoms. The topological polar surface area (TPSA) is 57.6 Å². The van der Waals surface area contributed by atoms with Gasteiger partial charge in [0.05, 0.1) is 12.6 Å². The van der Waals surface area contributed by atoms with Crippen LogP contribution in [0, 0.1) is 11.8 Å². The lowest BCUT2D eigenvalue weighted by Crippen LogP contribution is -2.39. The van der Waals surface area contributed by atoms with Crippen LogP contribution in [0.2, 0.25) is 0 Å². The third-order valence-electron chi connectivity index (χ3n) is 3.14. The molecule has 0 spiro atoms. The molecule has 3 atom stereocenters. The SMILES string of the molecule is CCC(C)C(O)CN1C(=O)CC(C)C1=O. The highest BCUT2D eigenvalue weighted by molar-refractivity contribution is 6.03. The number of imide groups is 1. The van der Waals surface area contributed by atoms with E-state index in [1.54, 1.807) is 6.92 Å². The lowest BCUT2D eigenvalue weighted by Gasteiger charge is -2.22. The van der Waals surface area contributed by atoms with Crippen LogP contribution in [0.4, 0.5) is 0 Å². The lowest BCUT2D eigenvalue weighted by molar-refractivity contribution is -0.141. The van der Waals surface area contributed by atoms with Crippen LogP contribution in [0.15, 0.2) is 0 Å². The van der Waals surface area contributed by atoms with E-state index < -0.39 is 6.10 Å². The number of hydrogen-bond acceptors (Lipinski definition) is 3. The molecule has 1 heterocycles. The molecule has 15 heavy (non-hydrogen) atoms. The second-order valence-electron chi connectivity index (χ2n) is 4.40. The predicted molar refractivity (Wildman–Crippen MR) is 56.0 cm³/mol. The Hall–Kier alpha value is -0.900. The van der Waals surface area contributed by atoms with Crippen molar-refractivity contribution in [3.63, 3.8) is 0 Å². The fourth-order valence-electron chi connectivity index (χ4n) is 1.68. The van der Waals surface area contributed by atoms with Crippen LogP contribution in [-0.4, -0.2) is 34.5 Å².